The monoisotopic (exact) mass is 274 g/mol. The number of benzene rings is 1. The van der Waals surface area contributed by atoms with Crippen LogP contribution >= 0.6 is 11.6 Å². The van der Waals surface area contributed by atoms with Crippen molar-refractivity contribution in [3.63, 3.8) is 0 Å². The number of aromatic amines is 1. The maximum atomic E-state index is 13.8. The summed E-state index contributed by atoms with van der Waals surface area (Å²) >= 11 is 5.83. The number of pyridine rings is 1. The molecule has 3 rings (SSSR count). The number of hydrogen-bond acceptors (Lipinski definition) is 2. The molecule has 0 unspecified atom stereocenters. The molecule has 0 aliphatic rings. The van der Waals surface area contributed by atoms with E-state index >= 15 is 0 Å². The molecular formula is C14H8ClFN2O. The number of fused-ring (bicyclic) bond motifs is 1. The van der Waals surface area contributed by atoms with Crippen molar-refractivity contribution >= 4 is 28.8 Å². The molecule has 2 aromatic heterocycles. The highest BCUT2D eigenvalue weighted by atomic mass is 35.5. The summed E-state index contributed by atoms with van der Waals surface area (Å²) in [6.07, 6.45) is 3.93. The van der Waals surface area contributed by atoms with E-state index in [1.165, 1.54) is 6.07 Å². The van der Waals surface area contributed by atoms with Crippen LogP contribution in [0, 0.1) is 5.82 Å². The van der Waals surface area contributed by atoms with E-state index in [1.807, 2.05) is 0 Å². The topological polar surface area (TPSA) is 45.8 Å². The number of nitrogens with zero attached hydrogens (tertiary/aromatic N) is 1. The van der Waals surface area contributed by atoms with Gasteiger partial charge >= 0.3 is 0 Å². The van der Waals surface area contributed by atoms with E-state index in [0.717, 1.165) is 5.56 Å². The van der Waals surface area contributed by atoms with Gasteiger partial charge in [0.25, 0.3) is 0 Å². The van der Waals surface area contributed by atoms with Crippen molar-refractivity contribution in [2.75, 3.05) is 0 Å². The Labute approximate surface area is 113 Å². The normalized spacial score (nSPS) is 10.8. The lowest BCUT2D eigenvalue weighted by Gasteiger charge is -1.97. The van der Waals surface area contributed by atoms with Gasteiger partial charge in [-0.1, -0.05) is 11.6 Å². The second-order valence-electron chi connectivity index (χ2n) is 4.08. The van der Waals surface area contributed by atoms with E-state index in [-0.39, 0.29) is 10.5 Å². The first-order chi connectivity index (χ1) is 9.20. The highest BCUT2D eigenvalue weighted by Crippen LogP contribution is 2.32. The molecule has 1 N–H and O–H groups in total. The highest BCUT2D eigenvalue weighted by Gasteiger charge is 2.16. The zero-order valence-corrected chi connectivity index (χ0v) is 10.4. The predicted molar refractivity (Wildman–Crippen MR) is 71.9 cm³/mol. The quantitative estimate of drug-likeness (QED) is 0.722. The second-order valence-corrected chi connectivity index (χ2v) is 4.52. The Morgan fingerprint density at radius 3 is 2.89 bits per heavy atom. The number of H-pyrrole nitrogens is 1. The molecule has 3 nitrogen and oxygen atoms in total. The molecule has 0 spiro atoms. The van der Waals surface area contributed by atoms with Crippen LogP contribution in [0.15, 0.2) is 36.7 Å². The summed E-state index contributed by atoms with van der Waals surface area (Å²) < 4.78 is 13.8. The molecule has 3 aromatic rings. The standard InChI is InChI=1S/C14H8ClFN2O/c15-9-4-10-11(7-19)13(8-2-1-3-17-6-8)18-14(10)12(16)5-9/h1-7,18H. The van der Waals surface area contributed by atoms with Crippen LogP contribution in [-0.4, -0.2) is 16.3 Å². The van der Waals surface area contributed by atoms with Gasteiger partial charge in [0.1, 0.15) is 5.82 Å². The van der Waals surface area contributed by atoms with Gasteiger partial charge in [-0.05, 0) is 24.3 Å². The Morgan fingerprint density at radius 2 is 2.21 bits per heavy atom. The molecule has 0 saturated heterocycles. The summed E-state index contributed by atoms with van der Waals surface area (Å²) in [5.74, 6) is -0.485. The molecule has 0 amide bonds. The van der Waals surface area contributed by atoms with Crippen molar-refractivity contribution < 1.29 is 9.18 Å². The third kappa shape index (κ3) is 1.90. The Bertz CT molecular complexity index is 768. The van der Waals surface area contributed by atoms with Gasteiger partial charge in [-0.15, -0.1) is 0 Å². The van der Waals surface area contributed by atoms with Crippen LogP contribution in [0.4, 0.5) is 4.39 Å². The van der Waals surface area contributed by atoms with E-state index in [0.29, 0.717) is 22.9 Å². The van der Waals surface area contributed by atoms with Crippen LogP contribution in [0.5, 0.6) is 0 Å². The van der Waals surface area contributed by atoms with E-state index in [1.54, 1.807) is 30.6 Å². The predicted octanol–water partition coefficient (Wildman–Crippen LogP) is 3.83. The Balaban J connectivity index is 2.38. The number of carbonyl (C=O) groups is 1. The molecule has 0 saturated carbocycles. The highest BCUT2D eigenvalue weighted by molar-refractivity contribution is 6.31. The summed E-state index contributed by atoms with van der Waals surface area (Å²) in [6, 6.07) is 6.32. The first kappa shape index (κ1) is 11.9. The van der Waals surface area contributed by atoms with Gasteiger partial charge in [-0.3, -0.25) is 9.78 Å². The van der Waals surface area contributed by atoms with Gasteiger partial charge in [-0.2, -0.15) is 0 Å². The molecule has 94 valence electrons. The van der Waals surface area contributed by atoms with Crippen molar-refractivity contribution in [1.82, 2.24) is 9.97 Å². The lowest BCUT2D eigenvalue weighted by Crippen LogP contribution is -1.84. The number of aromatic nitrogens is 2. The molecule has 5 heteroatoms. The first-order valence-corrected chi connectivity index (χ1v) is 5.95. The smallest absolute Gasteiger partial charge is 0.152 e. The second kappa shape index (κ2) is 4.48. The van der Waals surface area contributed by atoms with Gasteiger partial charge < -0.3 is 4.98 Å². The number of rotatable bonds is 2. The Morgan fingerprint density at radius 1 is 1.37 bits per heavy atom. The van der Waals surface area contributed by atoms with Gasteiger partial charge in [0, 0.05) is 33.9 Å². The summed E-state index contributed by atoms with van der Waals surface area (Å²) in [7, 11) is 0. The lowest BCUT2D eigenvalue weighted by molar-refractivity contribution is 0.112. The van der Waals surface area contributed by atoms with Crippen molar-refractivity contribution in [1.29, 1.82) is 0 Å². The van der Waals surface area contributed by atoms with Gasteiger partial charge in [-0.25, -0.2) is 4.39 Å². The van der Waals surface area contributed by atoms with Crippen LogP contribution in [0.25, 0.3) is 22.2 Å². The molecule has 0 atom stereocenters. The fourth-order valence-electron chi connectivity index (χ4n) is 2.10. The third-order valence-electron chi connectivity index (χ3n) is 2.93. The SMILES string of the molecule is O=Cc1c(-c2cccnc2)[nH]c2c(F)cc(Cl)cc12. The van der Waals surface area contributed by atoms with Crippen molar-refractivity contribution in [2.24, 2.45) is 0 Å². The molecule has 2 heterocycles. The molecule has 0 fully saturated rings. The third-order valence-corrected chi connectivity index (χ3v) is 3.15. The zero-order valence-electron chi connectivity index (χ0n) is 9.65. The Hall–Kier alpha value is -2.20. The van der Waals surface area contributed by atoms with Gasteiger partial charge in [0.15, 0.2) is 6.29 Å². The van der Waals surface area contributed by atoms with E-state index in [2.05, 4.69) is 9.97 Å². The molecule has 19 heavy (non-hydrogen) atoms. The van der Waals surface area contributed by atoms with Gasteiger partial charge in [0.2, 0.25) is 0 Å². The van der Waals surface area contributed by atoms with Crippen LogP contribution < -0.4 is 0 Å². The number of carbonyl (C=O) groups excluding carboxylic acids is 1. The van der Waals surface area contributed by atoms with Crippen molar-refractivity contribution in [2.45, 2.75) is 0 Å². The minimum absolute atomic E-state index is 0.254. The molecule has 0 aliphatic carbocycles. The van der Waals surface area contributed by atoms with Crippen LogP contribution in [0.2, 0.25) is 5.02 Å². The maximum absolute atomic E-state index is 13.8. The largest absolute Gasteiger partial charge is 0.351 e. The molecule has 1 aromatic carbocycles. The summed E-state index contributed by atoms with van der Waals surface area (Å²) in [5, 5.41) is 0.726. The number of aldehydes is 1. The minimum atomic E-state index is -0.485. The molecule has 0 radical (unpaired) electrons. The summed E-state index contributed by atoms with van der Waals surface area (Å²) in [5.41, 5.74) is 1.91. The zero-order chi connectivity index (χ0) is 13.4. The Kier molecular flexibility index (Phi) is 2.80. The fourth-order valence-corrected chi connectivity index (χ4v) is 2.31. The summed E-state index contributed by atoms with van der Waals surface area (Å²) in [6.45, 7) is 0. The van der Waals surface area contributed by atoms with E-state index < -0.39 is 5.82 Å². The van der Waals surface area contributed by atoms with E-state index in [9.17, 15) is 9.18 Å². The molecular weight excluding hydrogens is 267 g/mol. The van der Waals surface area contributed by atoms with E-state index in [4.69, 9.17) is 11.6 Å². The summed E-state index contributed by atoms with van der Waals surface area (Å²) in [4.78, 5) is 18.2. The minimum Gasteiger partial charge on any atom is -0.351 e. The van der Waals surface area contributed by atoms with Crippen molar-refractivity contribution in [3.8, 4) is 11.3 Å². The fraction of sp³-hybridized carbons (Fsp3) is 0. The van der Waals surface area contributed by atoms with Crippen molar-refractivity contribution in [3.05, 3.63) is 53.1 Å². The lowest BCUT2D eigenvalue weighted by atomic mass is 10.1. The van der Waals surface area contributed by atoms with Gasteiger partial charge in [0.05, 0.1) is 11.2 Å². The number of hydrogen-bond donors (Lipinski definition) is 1. The maximum Gasteiger partial charge on any atom is 0.152 e. The molecule has 0 aliphatic heterocycles. The van der Waals surface area contributed by atoms with Crippen LogP contribution in [0.1, 0.15) is 10.4 Å². The van der Waals surface area contributed by atoms with Crippen LogP contribution in [0.3, 0.4) is 0 Å². The number of halogens is 2. The van der Waals surface area contributed by atoms with Crippen LogP contribution in [-0.2, 0) is 0 Å². The average Bonchev–Trinajstić information content (AvgIpc) is 2.78. The molecule has 0 bridgehead atoms. The average molecular weight is 275 g/mol. The number of nitrogens with one attached hydrogen (secondary N) is 1. The first-order valence-electron chi connectivity index (χ1n) is 5.57.